The first-order chi connectivity index (χ1) is 13.9. The predicted molar refractivity (Wildman–Crippen MR) is 120 cm³/mol. The summed E-state index contributed by atoms with van der Waals surface area (Å²) in [5, 5.41) is 7.07. The van der Waals surface area contributed by atoms with E-state index in [1.54, 1.807) is 43.3 Å². The van der Waals surface area contributed by atoms with E-state index in [2.05, 4.69) is 10.6 Å². The molecular formula is C21H18Cl2N2O3S. The topological polar surface area (TPSA) is 67.4 Å². The number of anilines is 2. The molecule has 0 radical (unpaired) electrons. The van der Waals surface area contributed by atoms with Crippen LogP contribution < -0.4 is 10.6 Å². The molecule has 1 heterocycles. The van der Waals surface area contributed by atoms with E-state index in [-0.39, 0.29) is 6.61 Å². The monoisotopic (exact) mass is 448 g/mol. The molecule has 0 atom stereocenters. The third kappa shape index (κ3) is 5.09. The number of nitrogens with one attached hydrogen (secondary N) is 2. The number of halogens is 2. The minimum Gasteiger partial charge on any atom is -0.462 e. The maximum atomic E-state index is 12.7. The summed E-state index contributed by atoms with van der Waals surface area (Å²) in [5.74, 6) is -0.497. The SMILES string of the molecule is CCOC(=O)c1c(NC(=O)Nc2ccc(Cl)cc2)sc(C)c1-c1ccc(Cl)cc1. The van der Waals surface area contributed by atoms with Crippen molar-refractivity contribution in [2.24, 2.45) is 0 Å². The van der Waals surface area contributed by atoms with E-state index in [9.17, 15) is 9.59 Å². The quantitative estimate of drug-likeness (QED) is 0.419. The Bertz CT molecular complexity index is 1030. The fraction of sp³-hybridized carbons (Fsp3) is 0.143. The van der Waals surface area contributed by atoms with Crippen molar-refractivity contribution in [3.63, 3.8) is 0 Å². The van der Waals surface area contributed by atoms with E-state index >= 15 is 0 Å². The largest absolute Gasteiger partial charge is 0.462 e. The van der Waals surface area contributed by atoms with Crippen LogP contribution in [0, 0.1) is 6.92 Å². The van der Waals surface area contributed by atoms with Crippen molar-refractivity contribution in [1.82, 2.24) is 0 Å². The Kier molecular flexibility index (Phi) is 6.79. The third-order valence-corrected chi connectivity index (χ3v) is 5.55. The van der Waals surface area contributed by atoms with Crippen molar-refractivity contribution in [3.8, 4) is 11.1 Å². The minimum atomic E-state index is -0.497. The highest BCUT2D eigenvalue weighted by atomic mass is 35.5. The fourth-order valence-electron chi connectivity index (χ4n) is 2.79. The van der Waals surface area contributed by atoms with Crippen LogP contribution in [0.5, 0.6) is 0 Å². The van der Waals surface area contributed by atoms with Crippen LogP contribution in [0.3, 0.4) is 0 Å². The van der Waals surface area contributed by atoms with Crippen molar-refractivity contribution >= 4 is 57.2 Å². The van der Waals surface area contributed by atoms with E-state index < -0.39 is 12.0 Å². The first-order valence-corrected chi connectivity index (χ1v) is 10.4. The number of amides is 2. The molecule has 0 bridgehead atoms. The number of ether oxygens (including phenoxy) is 1. The van der Waals surface area contributed by atoms with Gasteiger partial charge in [-0.05, 0) is 55.8 Å². The zero-order valence-corrected chi connectivity index (χ0v) is 18.0. The second-order valence-electron chi connectivity index (χ2n) is 6.05. The van der Waals surface area contributed by atoms with Crippen LogP contribution in [0.1, 0.15) is 22.2 Å². The standard InChI is InChI=1S/C21H18Cl2N2O3S/c1-3-28-20(26)18-17(13-4-6-14(22)7-5-13)12(2)29-19(18)25-21(27)24-16-10-8-15(23)9-11-16/h4-11H,3H2,1-2H3,(H2,24,25,27). The van der Waals surface area contributed by atoms with Crippen LogP contribution in [-0.2, 0) is 4.74 Å². The zero-order valence-electron chi connectivity index (χ0n) is 15.7. The average molecular weight is 449 g/mol. The number of carbonyl (C=O) groups is 2. The van der Waals surface area contributed by atoms with E-state index in [0.29, 0.717) is 31.9 Å². The van der Waals surface area contributed by atoms with Gasteiger partial charge in [-0.1, -0.05) is 35.3 Å². The Morgan fingerprint density at radius 3 is 2.14 bits per heavy atom. The molecule has 150 valence electrons. The lowest BCUT2D eigenvalue weighted by molar-refractivity contribution is 0.0529. The van der Waals surface area contributed by atoms with Crippen molar-refractivity contribution in [1.29, 1.82) is 0 Å². The van der Waals surface area contributed by atoms with Crippen molar-refractivity contribution in [3.05, 3.63) is 69.0 Å². The Labute approximate surface area is 182 Å². The Balaban J connectivity index is 1.94. The molecule has 2 amide bonds. The van der Waals surface area contributed by atoms with Crippen molar-refractivity contribution in [2.75, 3.05) is 17.2 Å². The lowest BCUT2D eigenvalue weighted by atomic mass is 10.0. The van der Waals surface area contributed by atoms with Crippen LogP contribution >= 0.6 is 34.5 Å². The number of benzene rings is 2. The molecule has 0 fully saturated rings. The van der Waals surface area contributed by atoms with Crippen LogP contribution in [0.15, 0.2) is 48.5 Å². The summed E-state index contributed by atoms with van der Waals surface area (Å²) in [6.45, 7) is 3.85. The summed E-state index contributed by atoms with van der Waals surface area (Å²) >= 11 is 13.2. The number of hydrogen-bond donors (Lipinski definition) is 2. The molecule has 2 aromatic carbocycles. The number of hydrogen-bond acceptors (Lipinski definition) is 4. The lowest BCUT2D eigenvalue weighted by Gasteiger charge is -2.10. The summed E-state index contributed by atoms with van der Waals surface area (Å²) < 4.78 is 5.24. The maximum absolute atomic E-state index is 12.7. The van der Waals surface area contributed by atoms with E-state index in [0.717, 1.165) is 10.4 Å². The summed E-state index contributed by atoms with van der Waals surface area (Å²) in [6, 6.07) is 13.4. The van der Waals surface area contributed by atoms with Crippen molar-refractivity contribution < 1.29 is 14.3 Å². The molecule has 0 aliphatic carbocycles. The highest BCUT2D eigenvalue weighted by molar-refractivity contribution is 7.17. The molecule has 0 saturated heterocycles. The van der Waals surface area contributed by atoms with Gasteiger partial charge in [0.25, 0.3) is 0 Å². The van der Waals surface area contributed by atoms with Crippen LogP contribution in [0.2, 0.25) is 10.0 Å². The molecule has 0 aliphatic rings. The van der Waals surface area contributed by atoms with Crippen molar-refractivity contribution in [2.45, 2.75) is 13.8 Å². The molecule has 2 N–H and O–H groups in total. The van der Waals surface area contributed by atoms with E-state index in [4.69, 9.17) is 27.9 Å². The van der Waals surface area contributed by atoms with E-state index in [1.807, 2.05) is 19.1 Å². The summed E-state index contributed by atoms with van der Waals surface area (Å²) in [4.78, 5) is 26.0. The fourth-order valence-corrected chi connectivity index (χ4v) is 4.10. The van der Waals surface area contributed by atoms with Gasteiger partial charge < -0.3 is 10.1 Å². The first-order valence-electron chi connectivity index (χ1n) is 8.79. The van der Waals surface area contributed by atoms with Gasteiger partial charge in [0.1, 0.15) is 10.6 Å². The highest BCUT2D eigenvalue weighted by Crippen LogP contribution is 2.40. The number of aryl methyl sites for hydroxylation is 1. The number of urea groups is 1. The Morgan fingerprint density at radius 1 is 0.966 bits per heavy atom. The number of thiophene rings is 1. The Hall–Kier alpha value is -2.54. The molecule has 5 nitrogen and oxygen atoms in total. The molecular weight excluding hydrogens is 431 g/mol. The molecule has 0 aliphatic heterocycles. The Morgan fingerprint density at radius 2 is 1.55 bits per heavy atom. The van der Waals surface area contributed by atoms with Gasteiger partial charge >= 0.3 is 12.0 Å². The second kappa shape index (κ2) is 9.31. The number of rotatable bonds is 5. The zero-order chi connectivity index (χ0) is 21.0. The second-order valence-corrected chi connectivity index (χ2v) is 8.15. The van der Waals surface area contributed by atoms with Crippen LogP contribution in [0.4, 0.5) is 15.5 Å². The molecule has 1 aromatic heterocycles. The number of carbonyl (C=O) groups excluding carboxylic acids is 2. The molecule has 29 heavy (non-hydrogen) atoms. The highest BCUT2D eigenvalue weighted by Gasteiger charge is 2.25. The van der Waals surface area contributed by atoms with Gasteiger partial charge in [-0.15, -0.1) is 11.3 Å². The molecule has 3 rings (SSSR count). The summed E-state index contributed by atoms with van der Waals surface area (Å²) in [5.41, 5.74) is 2.43. The van der Waals surface area contributed by atoms with Gasteiger partial charge in [-0.3, -0.25) is 5.32 Å². The van der Waals surface area contributed by atoms with Gasteiger partial charge in [0.2, 0.25) is 0 Å². The first kappa shape index (κ1) is 21.2. The molecule has 0 saturated carbocycles. The third-order valence-electron chi connectivity index (χ3n) is 4.03. The number of esters is 1. The average Bonchev–Trinajstić information content (AvgIpc) is 3.00. The lowest BCUT2D eigenvalue weighted by Crippen LogP contribution is -2.20. The van der Waals surface area contributed by atoms with Crippen LogP contribution in [0.25, 0.3) is 11.1 Å². The molecule has 3 aromatic rings. The van der Waals surface area contributed by atoms with Crippen LogP contribution in [-0.4, -0.2) is 18.6 Å². The van der Waals surface area contributed by atoms with E-state index in [1.165, 1.54) is 11.3 Å². The molecule has 8 heteroatoms. The predicted octanol–water partition coefficient (Wildman–Crippen LogP) is 6.85. The smallest absolute Gasteiger partial charge is 0.341 e. The molecule has 0 unspecified atom stereocenters. The van der Waals surface area contributed by atoms with Gasteiger partial charge in [-0.25, -0.2) is 9.59 Å². The van der Waals surface area contributed by atoms with Gasteiger partial charge in [-0.2, -0.15) is 0 Å². The van der Waals surface area contributed by atoms with Gasteiger partial charge in [0, 0.05) is 26.2 Å². The molecule has 0 spiro atoms. The minimum absolute atomic E-state index is 0.226. The normalized spacial score (nSPS) is 10.5. The van der Waals surface area contributed by atoms with Gasteiger partial charge in [0.15, 0.2) is 0 Å². The van der Waals surface area contributed by atoms with Gasteiger partial charge in [0.05, 0.1) is 6.61 Å². The summed E-state index contributed by atoms with van der Waals surface area (Å²) in [7, 11) is 0. The summed E-state index contributed by atoms with van der Waals surface area (Å²) in [6.07, 6.45) is 0. The maximum Gasteiger partial charge on any atom is 0.341 e.